The first-order valence-corrected chi connectivity index (χ1v) is 5.04. The Hall–Kier alpha value is -1.51. The second-order valence-electron chi connectivity index (χ2n) is 3.51. The number of anilines is 1. The summed E-state index contributed by atoms with van der Waals surface area (Å²) in [5, 5.41) is 3.23. The van der Waals surface area contributed by atoms with Crippen LogP contribution >= 0.6 is 0 Å². The smallest absolute Gasteiger partial charge is 0.302 e. The summed E-state index contributed by atoms with van der Waals surface area (Å²) in [6.07, 6.45) is 0. The average Bonchev–Trinajstić information content (AvgIpc) is 2.18. The molecular formula is C12H17NO2. The molecule has 0 saturated heterocycles. The van der Waals surface area contributed by atoms with Crippen molar-refractivity contribution in [2.24, 2.45) is 0 Å². The van der Waals surface area contributed by atoms with Gasteiger partial charge in [0.15, 0.2) is 0 Å². The van der Waals surface area contributed by atoms with Gasteiger partial charge in [0.1, 0.15) is 6.61 Å². The summed E-state index contributed by atoms with van der Waals surface area (Å²) in [7, 11) is 0. The molecule has 1 rings (SSSR count). The van der Waals surface area contributed by atoms with Crippen molar-refractivity contribution in [2.45, 2.75) is 20.8 Å². The third-order valence-corrected chi connectivity index (χ3v) is 2.33. The SMILES string of the molecule is CC(=O)OCCNc1cccc(C)c1C. The van der Waals surface area contributed by atoms with Crippen LogP contribution in [0.1, 0.15) is 18.1 Å². The maximum atomic E-state index is 10.5. The maximum Gasteiger partial charge on any atom is 0.302 e. The van der Waals surface area contributed by atoms with E-state index in [4.69, 9.17) is 4.74 Å². The summed E-state index contributed by atoms with van der Waals surface area (Å²) in [4.78, 5) is 10.5. The predicted molar refractivity (Wildman–Crippen MR) is 61.0 cm³/mol. The second kappa shape index (κ2) is 5.39. The predicted octanol–water partition coefficient (Wildman–Crippen LogP) is 2.28. The van der Waals surface area contributed by atoms with Crippen LogP contribution in [-0.4, -0.2) is 19.1 Å². The van der Waals surface area contributed by atoms with E-state index >= 15 is 0 Å². The Labute approximate surface area is 90.4 Å². The maximum absolute atomic E-state index is 10.5. The van der Waals surface area contributed by atoms with Crippen LogP contribution in [0.3, 0.4) is 0 Å². The van der Waals surface area contributed by atoms with E-state index in [2.05, 4.69) is 25.2 Å². The number of nitrogens with one attached hydrogen (secondary N) is 1. The molecule has 0 amide bonds. The lowest BCUT2D eigenvalue weighted by Crippen LogP contribution is -2.12. The molecule has 3 heteroatoms. The number of benzene rings is 1. The fourth-order valence-corrected chi connectivity index (χ4v) is 1.32. The molecule has 0 radical (unpaired) electrons. The van der Waals surface area contributed by atoms with Gasteiger partial charge in [-0.05, 0) is 31.0 Å². The van der Waals surface area contributed by atoms with Crippen molar-refractivity contribution in [3.63, 3.8) is 0 Å². The van der Waals surface area contributed by atoms with Crippen molar-refractivity contribution in [1.82, 2.24) is 0 Å². The van der Waals surface area contributed by atoms with Crippen LogP contribution in [0.25, 0.3) is 0 Å². The van der Waals surface area contributed by atoms with Crippen molar-refractivity contribution >= 4 is 11.7 Å². The van der Waals surface area contributed by atoms with E-state index in [0.717, 1.165) is 5.69 Å². The van der Waals surface area contributed by atoms with Gasteiger partial charge in [0.05, 0.1) is 0 Å². The standard InChI is InChI=1S/C12H17NO2/c1-9-5-4-6-12(10(9)2)13-7-8-15-11(3)14/h4-6,13H,7-8H2,1-3H3. The van der Waals surface area contributed by atoms with Crippen molar-refractivity contribution in [3.8, 4) is 0 Å². The molecule has 0 heterocycles. The van der Waals surface area contributed by atoms with Gasteiger partial charge in [-0.2, -0.15) is 0 Å². The summed E-state index contributed by atoms with van der Waals surface area (Å²) < 4.78 is 4.83. The molecule has 3 nitrogen and oxygen atoms in total. The number of carbonyl (C=O) groups is 1. The van der Waals surface area contributed by atoms with Crippen LogP contribution in [-0.2, 0) is 9.53 Å². The molecule has 1 aromatic carbocycles. The van der Waals surface area contributed by atoms with Gasteiger partial charge >= 0.3 is 5.97 Å². The molecule has 0 aliphatic rings. The molecule has 0 atom stereocenters. The van der Waals surface area contributed by atoms with E-state index in [1.165, 1.54) is 18.1 Å². The monoisotopic (exact) mass is 207 g/mol. The lowest BCUT2D eigenvalue weighted by molar-refractivity contribution is -0.140. The van der Waals surface area contributed by atoms with Crippen LogP contribution in [0.2, 0.25) is 0 Å². The van der Waals surface area contributed by atoms with Crippen molar-refractivity contribution in [1.29, 1.82) is 0 Å². The summed E-state index contributed by atoms with van der Waals surface area (Å²) >= 11 is 0. The van der Waals surface area contributed by atoms with E-state index in [9.17, 15) is 4.79 Å². The number of rotatable bonds is 4. The third kappa shape index (κ3) is 3.62. The zero-order chi connectivity index (χ0) is 11.3. The number of ether oxygens (including phenoxy) is 1. The Morgan fingerprint density at radius 3 is 2.80 bits per heavy atom. The molecule has 15 heavy (non-hydrogen) atoms. The zero-order valence-corrected chi connectivity index (χ0v) is 9.46. The van der Waals surface area contributed by atoms with Gasteiger partial charge in [-0.25, -0.2) is 0 Å². The minimum Gasteiger partial charge on any atom is -0.464 e. The van der Waals surface area contributed by atoms with Gasteiger partial charge in [-0.3, -0.25) is 4.79 Å². The molecule has 0 spiro atoms. The quantitative estimate of drug-likeness (QED) is 0.608. The minimum absolute atomic E-state index is 0.238. The van der Waals surface area contributed by atoms with Gasteiger partial charge in [-0.1, -0.05) is 12.1 Å². The van der Waals surface area contributed by atoms with Crippen LogP contribution in [0.5, 0.6) is 0 Å². The van der Waals surface area contributed by atoms with E-state index < -0.39 is 0 Å². The van der Waals surface area contributed by atoms with Crippen molar-refractivity contribution in [3.05, 3.63) is 29.3 Å². The van der Waals surface area contributed by atoms with E-state index in [1.54, 1.807) is 0 Å². The summed E-state index contributed by atoms with van der Waals surface area (Å²) in [5.74, 6) is -0.238. The highest BCUT2D eigenvalue weighted by molar-refractivity contribution is 5.65. The van der Waals surface area contributed by atoms with Crippen LogP contribution in [0, 0.1) is 13.8 Å². The van der Waals surface area contributed by atoms with Gasteiger partial charge in [0.2, 0.25) is 0 Å². The Morgan fingerprint density at radius 1 is 1.40 bits per heavy atom. The number of carbonyl (C=O) groups excluding carboxylic acids is 1. The molecule has 0 bridgehead atoms. The molecular weight excluding hydrogens is 190 g/mol. The minimum atomic E-state index is -0.238. The highest BCUT2D eigenvalue weighted by Gasteiger charge is 1.99. The molecule has 0 fully saturated rings. The highest BCUT2D eigenvalue weighted by Crippen LogP contribution is 2.17. The topological polar surface area (TPSA) is 38.3 Å². The zero-order valence-electron chi connectivity index (χ0n) is 9.46. The second-order valence-corrected chi connectivity index (χ2v) is 3.51. The summed E-state index contributed by atoms with van der Waals surface area (Å²) in [5.41, 5.74) is 3.59. The molecule has 0 saturated carbocycles. The van der Waals surface area contributed by atoms with Gasteiger partial charge in [-0.15, -0.1) is 0 Å². The number of esters is 1. The van der Waals surface area contributed by atoms with Crippen LogP contribution < -0.4 is 5.32 Å². The Morgan fingerprint density at radius 2 is 2.13 bits per heavy atom. The number of hydrogen-bond acceptors (Lipinski definition) is 3. The number of aryl methyl sites for hydroxylation is 1. The summed E-state index contributed by atoms with van der Waals surface area (Å²) in [6.45, 7) is 6.61. The Kier molecular flexibility index (Phi) is 4.16. The lowest BCUT2D eigenvalue weighted by Gasteiger charge is -2.11. The largest absolute Gasteiger partial charge is 0.464 e. The van der Waals surface area contributed by atoms with Crippen molar-refractivity contribution in [2.75, 3.05) is 18.5 Å². The molecule has 0 aliphatic heterocycles. The fourth-order valence-electron chi connectivity index (χ4n) is 1.32. The van der Waals surface area contributed by atoms with Gasteiger partial charge < -0.3 is 10.1 Å². The molecule has 82 valence electrons. The number of hydrogen-bond donors (Lipinski definition) is 1. The summed E-state index contributed by atoms with van der Waals surface area (Å²) in [6, 6.07) is 6.11. The first kappa shape index (κ1) is 11.6. The van der Waals surface area contributed by atoms with E-state index in [-0.39, 0.29) is 5.97 Å². The Bertz CT molecular complexity index is 347. The van der Waals surface area contributed by atoms with Crippen LogP contribution in [0.15, 0.2) is 18.2 Å². The lowest BCUT2D eigenvalue weighted by atomic mass is 10.1. The fraction of sp³-hybridized carbons (Fsp3) is 0.417. The van der Waals surface area contributed by atoms with Crippen molar-refractivity contribution < 1.29 is 9.53 Å². The third-order valence-electron chi connectivity index (χ3n) is 2.33. The average molecular weight is 207 g/mol. The Balaban J connectivity index is 2.44. The van der Waals surface area contributed by atoms with Gasteiger partial charge in [0, 0.05) is 19.2 Å². The normalized spacial score (nSPS) is 9.80. The van der Waals surface area contributed by atoms with Gasteiger partial charge in [0.25, 0.3) is 0 Å². The molecule has 1 N–H and O–H groups in total. The van der Waals surface area contributed by atoms with Crippen LogP contribution in [0.4, 0.5) is 5.69 Å². The van der Waals surface area contributed by atoms with E-state index in [0.29, 0.717) is 13.2 Å². The molecule has 0 unspecified atom stereocenters. The molecule has 0 aliphatic carbocycles. The molecule has 0 aromatic heterocycles. The molecule has 1 aromatic rings. The first-order chi connectivity index (χ1) is 7.11. The van der Waals surface area contributed by atoms with E-state index in [1.807, 2.05) is 12.1 Å². The first-order valence-electron chi connectivity index (χ1n) is 5.04. The highest BCUT2D eigenvalue weighted by atomic mass is 16.5.